The molecule has 0 amide bonds. The molecule has 0 aliphatic carbocycles. The van der Waals surface area contributed by atoms with E-state index < -0.39 is 10.0 Å². The Morgan fingerprint density at radius 3 is 2.68 bits per heavy atom. The second-order valence-corrected chi connectivity index (χ2v) is 10.4. The number of hydrogen-bond donors (Lipinski definition) is 0. The van der Waals surface area contributed by atoms with Gasteiger partial charge in [0.15, 0.2) is 0 Å². The van der Waals surface area contributed by atoms with E-state index in [2.05, 4.69) is 6.92 Å². The average molecular weight is 433 g/mol. The van der Waals surface area contributed by atoms with E-state index in [9.17, 15) is 8.42 Å². The SMILES string of the molecule is C[C@@H]1CCCN(S(=O)(=O)c2cccc(-c3csc(-c4ccc(Cl)cc4)n3)c2)C1. The molecule has 1 atom stereocenters. The molecule has 0 N–H and O–H groups in total. The number of aromatic nitrogens is 1. The summed E-state index contributed by atoms with van der Waals surface area (Å²) in [5, 5.41) is 3.52. The number of hydrogen-bond acceptors (Lipinski definition) is 4. The molecule has 0 unspecified atom stereocenters. The van der Waals surface area contributed by atoms with Crippen LogP contribution in [0, 0.1) is 5.92 Å². The normalized spacial score (nSPS) is 18.3. The molecule has 4 rings (SSSR count). The Kier molecular flexibility index (Phi) is 5.56. The molecular formula is C21H21ClN2O2S2. The zero-order chi connectivity index (χ0) is 19.7. The van der Waals surface area contributed by atoms with Crippen molar-refractivity contribution in [3.05, 3.63) is 58.9 Å². The second kappa shape index (κ2) is 7.95. The molecule has 0 bridgehead atoms. The van der Waals surface area contributed by atoms with Crippen LogP contribution in [0.15, 0.2) is 58.8 Å². The molecule has 2 aromatic carbocycles. The van der Waals surface area contributed by atoms with E-state index in [1.54, 1.807) is 22.5 Å². The third-order valence-corrected chi connectivity index (χ3v) is 7.99. The maximum absolute atomic E-state index is 13.1. The predicted molar refractivity (Wildman–Crippen MR) is 115 cm³/mol. The van der Waals surface area contributed by atoms with E-state index in [0.717, 1.165) is 34.7 Å². The van der Waals surface area contributed by atoms with Crippen LogP contribution in [0.4, 0.5) is 0 Å². The smallest absolute Gasteiger partial charge is 0.236 e. The fraction of sp³-hybridized carbons (Fsp3) is 0.286. The van der Waals surface area contributed by atoms with Gasteiger partial charge in [0.25, 0.3) is 0 Å². The van der Waals surface area contributed by atoms with Gasteiger partial charge in [0.1, 0.15) is 5.01 Å². The number of nitrogens with zero attached hydrogens (tertiary/aromatic N) is 2. The fourth-order valence-corrected chi connectivity index (χ4v) is 6.07. The van der Waals surface area contributed by atoms with Gasteiger partial charge in [0.2, 0.25) is 10.0 Å². The van der Waals surface area contributed by atoms with Crippen molar-refractivity contribution < 1.29 is 8.42 Å². The van der Waals surface area contributed by atoms with Gasteiger partial charge in [-0.25, -0.2) is 13.4 Å². The molecule has 0 radical (unpaired) electrons. The molecule has 146 valence electrons. The Balaban J connectivity index is 1.63. The van der Waals surface area contributed by atoms with Crippen LogP contribution in [0.25, 0.3) is 21.8 Å². The van der Waals surface area contributed by atoms with Crippen LogP contribution in [0.1, 0.15) is 19.8 Å². The second-order valence-electron chi connectivity index (χ2n) is 7.18. The Hall–Kier alpha value is -1.73. The molecule has 28 heavy (non-hydrogen) atoms. The van der Waals surface area contributed by atoms with Crippen LogP contribution >= 0.6 is 22.9 Å². The molecule has 0 saturated carbocycles. The van der Waals surface area contributed by atoms with Crippen LogP contribution in [0.3, 0.4) is 0 Å². The molecule has 4 nitrogen and oxygen atoms in total. The minimum atomic E-state index is -3.48. The van der Waals surface area contributed by atoms with E-state index in [1.807, 2.05) is 35.7 Å². The van der Waals surface area contributed by atoms with Gasteiger partial charge in [0.05, 0.1) is 10.6 Å². The van der Waals surface area contributed by atoms with Gasteiger partial charge >= 0.3 is 0 Å². The van der Waals surface area contributed by atoms with Gasteiger partial charge in [0, 0.05) is 34.6 Å². The summed E-state index contributed by atoms with van der Waals surface area (Å²) in [5.41, 5.74) is 2.58. The molecular weight excluding hydrogens is 412 g/mol. The third kappa shape index (κ3) is 4.01. The highest BCUT2D eigenvalue weighted by atomic mass is 35.5. The van der Waals surface area contributed by atoms with E-state index in [1.165, 1.54) is 11.3 Å². The van der Waals surface area contributed by atoms with Gasteiger partial charge in [-0.1, -0.05) is 42.8 Å². The lowest BCUT2D eigenvalue weighted by Crippen LogP contribution is -2.39. The van der Waals surface area contributed by atoms with Crippen molar-refractivity contribution in [3.8, 4) is 21.8 Å². The first-order chi connectivity index (χ1) is 13.4. The minimum Gasteiger partial charge on any atom is -0.236 e. The van der Waals surface area contributed by atoms with Crippen molar-refractivity contribution in [2.24, 2.45) is 5.92 Å². The monoisotopic (exact) mass is 432 g/mol. The molecule has 2 heterocycles. The summed E-state index contributed by atoms with van der Waals surface area (Å²) in [6.45, 7) is 3.28. The number of benzene rings is 2. The quantitative estimate of drug-likeness (QED) is 0.543. The van der Waals surface area contributed by atoms with E-state index in [0.29, 0.717) is 28.9 Å². The topological polar surface area (TPSA) is 50.3 Å². The first-order valence-electron chi connectivity index (χ1n) is 9.25. The molecule has 7 heteroatoms. The Morgan fingerprint density at radius 2 is 1.93 bits per heavy atom. The summed E-state index contributed by atoms with van der Waals surface area (Å²) in [6, 6.07) is 14.6. The molecule has 0 spiro atoms. The van der Waals surface area contributed by atoms with Gasteiger partial charge in [-0.3, -0.25) is 0 Å². The average Bonchev–Trinajstić information content (AvgIpc) is 3.19. The largest absolute Gasteiger partial charge is 0.243 e. The number of thiazole rings is 1. The summed E-state index contributed by atoms with van der Waals surface area (Å²) >= 11 is 7.49. The molecule has 1 aliphatic rings. The van der Waals surface area contributed by atoms with Crippen molar-refractivity contribution in [2.45, 2.75) is 24.7 Å². The molecule has 1 fully saturated rings. The maximum atomic E-state index is 13.1. The summed E-state index contributed by atoms with van der Waals surface area (Å²) < 4.78 is 27.8. The predicted octanol–water partition coefficient (Wildman–Crippen LogP) is 5.55. The highest BCUT2D eigenvalue weighted by Gasteiger charge is 2.28. The summed E-state index contributed by atoms with van der Waals surface area (Å²) in [5.74, 6) is 0.396. The molecule has 1 aromatic heterocycles. The number of sulfonamides is 1. The third-order valence-electron chi connectivity index (χ3n) is 4.98. The fourth-order valence-electron chi connectivity index (χ4n) is 3.46. The Morgan fingerprint density at radius 1 is 1.14 bits per heavy atom. The number of halogens is 1. The van der Waals surface area contributed by atoms with Gasteiger partial charge in [-0.15, -0.1) is 11.3 Å². The van der Waals surface area contributed by atoms with Crippen LogP contribution in [-0.2, 0) is 10.0 Å². The zero-order valence-electron chi connectivity index (χ0n) is 15.5. The van der Waals surface area contributed by atoms with Crippen LogP contribution < -0.4 is 0 Å². The van der Waals surface area contributed by atoms with Crippen molar-refractivity contribution >= 4 is 33.0 Å². The number of rotatable bonds is 4. The lowest BCUT2D eigenvalue weighted by atomic mass is 10.0. The highest BCUT2D eigenvalue weighted by molar-refractivity contribution is 7.89. The lowest BCUT2D eigenvalue weighted by molar-refractivity contribution is 0.281. The Bertz CT molecular complexity index is 1080. The molecule has 1 saturated heterocycles. The summed E-state index contributed by atoms with van der Waals surface area (Å²) in [7, 11) is -3.48. The van der Waals surface area contributed by atoms with Crippen molar-refractivity contribution in [3.63, 3.8) is 0 Å². The van der Waals surface area contributed by atoms with Gasteiger partial charge in [-0.2, -0.15) is 4.31 Å². The maximum Gasteiger partial charge on any atom is 0.243 e. The van der Waals surface area contributed by atoms with Crippen LogP contribution in [0.5, 0.6) is 0 Å². The van der Waals surface area contributed by atoms with E-state index >= 15 is 0 Å². The van der Waals surface area contributed by atoms with E-state index in [-0.39, 0.29) is 0 Å². The summed E-state index contributed by atoms with van der Waals surface area (Å²) in [6.07, 6.45) is 2.00. The standard InChI is InChI=1S/C21H21ClN2O2S2/c1-15-4-3-11-24(13-15)28(25,26)19-6-2-5-17(12-19)20-14-27-21(23-20)16-7-9-18(22)10-8-16/h2,5-10,12,14-15H,3-4,11,13H2,1H3/t15-/m1/s1. The van der Waals surface area contributed by atoms with Crippen molar-refractivity contribution in [1.82, 2.24) is 9.29 Å². The molecule has 1 aliphatic heterocycles. The van der Waals surface area contributed by atoms with Crippen LogP contribution in [-0.4, -0.2) is 30.8 Å². The summed E-state index contributed by atoms with van der Waals surface area (Å²) in [4.78, 5) is 5.03. The van der Waals surface area contributed by atoms with Gasteiger partial charge in [-0.05, 0) is 43.0 Å². The highest BCUT2D eigenvalue weighted by Crippen LogP contribution is 2.31. The zero-order valence-corrected chi connectivity index (χ0v) is 17.9. The molecule has 3 aromatic rings. The Labute approximate surface area is 174 Å². The lowest BCUT2D eigenvalue weighted by Gasteiger charge is -2.30. The minimum absolute atomic E-state index is 0.333. The first kappa shape index (κ1) is 19.6. The number of piperidine rings is 1. The van der Waals surface area contributed by atoms with Crippen molar-refractivity contribution in [2.75, 3.05) is 13.1 Å². The van der Waals surface area contributed by atoms with Gasteiger partial charge < -0.3 is 0 Å². The van der Waals surface area contributed by atoms with E-state index in [4.69, 9.17) is 16.6 Å². The van der Waals surface area contributed by atoms with Crippen LogP contribution in [0.2, 0.25) is 5.02 Å². The first-order valence-corrected chi connectivity index (χ1v) is 12.0. The van der Waals surface area contributed by atoms with Crippen molar-refractivity contribution in [1.29, 1.82) is 0 Å².